The molecule has 2 aromatic rings. The molecule has 0 saturated carbocycles. The van der Waals surface area contributed by atoms with Crippen molar-refractivity contribution in [1.82, 2.24) is 0 Å². The molecule has 0 heteroatoms. The van der Waals surface area contributed by atoms with E-state index in [0.29, 0.717) is 0 Å². The Morgan fingerprint density at radius 3 is 1.86 bits per heavy atom. The predicted molar refractivity (Wildman–Crippen MR) is 137 cm³/mol. The maximum Gasteiger partial charge on any atom is -0.00204 e. The Balaban J connectivity index is 0. The molecule has 0 saturated heterocycles. The fraction of sp³-hybridized carbons (Fsp3) is 0.379. The molecule has 0 N–H and O–H groups in total. The van der Waals surface area contributed by atoms with E-state index in [1.165, 1.54) is 50.1 Å². The van der Waals surface area contributed by atoms with Gasteiger partial charge in [-0.1, -0.05) is 102 Å². The Hall–Kier alpha value is -2.34. The lowest BCUT2D eigenvalue weighted by atomic mass is 9.88. The van der Waals surface area contributed by atoms with E-state index in [1.807, 2.05) is 39.8 Å². The normalized spacial score (nSPS) is 10.2. The molecular weight excluding hydrogens is 348 g/mol. The minimum absolute atomic E-state index is 0. The van der Waals surface area contributed by atoms with Crippen LogP contribution in [0, 0.1) is 27.7 Å². The van der Waals surface area contributed by atoms with Crippen molar-refractivity contribution in [2.24, 2.45) is 0 Å². The van der Waals surface area contributed by atoms with Crippen molar-refractivity contribution < 1.29 is 0 Å². The number of benzene rings is 2. The van der Waals surface area contributed by atoms with Crippen LogP contribution in [0.3, 0.4) is 0 Å². The molecule has 0 spiro atoms. The zero-order chi connectivity index (χ0) is 21.9. The second-order valence-corrected chi connectivity index (χ2v) is 6.71. The summed E-state index contributed by atoms with van der Waals surface area (Å²) >= 11 is 0. The SMILES string of the molecule is C.C=C/C(C)=C(\C=C)Cc1cc(C)cc(-c2cc(C)ccc2C)c1C.CC.CC. The fourth-order valence-electron chi connectivity index (χ4n) is 3.13. The molecule has 0 aliphatic rings. The van der Waals surface area contributed by atoms with Crippen molar-refractivity contribution in [3.05, 3.63) is 94.6 Å². The van der Waals surface area contributed by atoms with Gasteiger partial charge in [-0.05, 0) is 80.0 Å². The maximum absolute atomic E-state index is 3.98. The van der Waals surface area contributed by atoms with Gasteiger partial charge in [0.05, 0.1) is 0 Å². The monoisotopic (exact) mass is 392 g/mol. The van der Waals surface area contributed by atoms with Gasteiger partial charge in [-0.15, -0.1) is 0 Å². The van der Waals surface area contributed by atoms with E-state index in [1.54, 1.807) is 0 Å². The molecule has 0 nitrogen and oxygen atoms in total. The maximum atomic E-state index is 3.98. The first kappa shape index (κ1) is 28.9. The van der Waals surface area contributed by atoms with E-state index in [9.17, 15) is 0 Å². The quantitative estimate of drug-likeness (QED) is 0.444. The van der Waals surface area contributed by atoms with Crippen LogP contribution >= 0.6 is 0 Å². The van der Waals surface area contributed by atoms with Crippen LogP contribution in [-0.2, 0) is 6.42 Å². The third-order valence-corrected chi connectivity index (χ3v) is 4.78. The Morgan fingerprint density at radius 2 is 1.34 bits per heavy atom. The molecule has 0 aliphatic heterocycles. The molecule has 0 atom stereocenters. The van der Waals surface area contributed by atoms with Crippen molar-refractivity contribution in [3.8, 4) is 11.1 Å². The third kappa shape index (κ3) is 7.89. The van der Waals surface area contributed by atoms with Crippen molar-refractivity contribution in [2.75, 3.05) is 0 Å². The predicted octanol–water partition coefficient (Wildman–Crippen LogP) is 9.51. The first-order valence-corrected chi connectivity index (χ1v) is 10.5. The van der Waals surface area contributed by atoms with Gasteiger partial charge in [0.2, 0.25) is 0 Å². The molecule has 0 heterocycles. The van der Waals surface area contributed by atoms with Gasteiger partial charge >= 0.3 is 0 Å². The van der Waals surface area contributed by atoms with Gasteiger partial charge in [0.25, 0.3) is 0 Å². The average Bonchev–Trinajstić information content (AvgIpc) is 2.72. The van der Waals surface area contributed by atoms with Gasteiger partial charge in [-0.3, -0.25) is 0 Å². The minimum Gasteiger partial charge on any atom is -0.0988 e. The summed E-state index contributed by atoms with van der Waals surface area (Å²) in [7, 11) is 0. The van der Waals surface area contributed by atoms with Crippen molar-refractivity contribution >= 4 is 0 Å². The lowest BCUT2D eigenvalue weighted by Crippen LogP contribution is -1.98. The first-order valence-electron chi connectivity index (χ1n) is 10.5. The van der Waals surface area contributed by atoms with E-state index in [-0.39, 0.29) is 7.43 Å². The lowest BCUT2D eigenvalue weighted by Gasteiger charge is -2.17. The molecule has 0 bridgehead atoms. The van der Waals surface area contributed by atoms with Gasteiger partial charge in [0.15, 0.2) is 0 Å². The second kappa shape index (κ2) is 14.6. The van der Waals surface area contributed by atoms with Crippen LogP contribution < -0.4 is 0 Å². The summed E-state index contributed by atoms with van der Waals surface area (Å²) in [4.78, 5) is 0. The smallest absolute Gasteiger partial charge is 0.00204 e. The van der Waals surface area contributed by atoms with Crippen LogP contribution in [0.5, 0.6) is 0 Å². The molecule has 0 radical (unpaired) electrons. The number of aryl methyl sites for hydroxylation is 3. The fourth-order valence-corrected chi connectivity index (χ4v) is 3.13. The summed E-state index contributed by atoms with van der Waals surface area (Å²) in [5.74, 6) is 0. The summed E-state index contributed by atoms with van der Waals surface area (Å²) < 4.78 is 0. The van der Waals surface area contributed by atoms with Gasteiger partial charge in [-0.2, -0.15) is 0 Å². The first-order chi connectivity index (χ1) is 13.4. The summed E-state index contributed by atoms with van der Waals surface area (Å²) in [6.07, 6.45) is 4.76. The number of hydrogen-bond donors (Lipinski definition) is 0. The second-order valence-electron chi connectivity index (χ2n) is 6.71. The van der Waals surface area contributed by atoms with Crippen LogP contribution in [0.4, 0.5) is 0 Å². The highest BCUT2D eigenvalue weighted by Gasteiger charge is 2.11. The Bertz CT molecular complexity index is 816. The molecular formula is C29H44. The Morgan fingerprint density at radius 1 is 0.793 bits per heavy atom. The minimum atomic E-state index is 0. The summed E-state index contributed by atoms with van der Waals surface area (Å²) in [6.45, 7) is 26.7. The summed E-state index contributed by atoms with van der Waals surface area (Å²) in [6, 6.07) is 11.3. The van der Waals surface area contributed by atoms with Crippen molar-refractivity contribution in [3.63, 3.8) is 0 Å². The van der Waals surface area contributed by atoms with Crippen LogP contribution in [0.2, 0.25) is 0 Å². The van der Waals surface area contributed by atoms with Crippen LogP contribution in [0.15, 0.2) is 66.8 Å². The highest BCUT2D eigenvalue weighted by molar-refractivity contribution is 5.73. The van der Waals surface area contributed by atoms with Gasteiger partial charge in [0, 0.05) is 0 Å². The van der Waals surface area contributed by atoms with Crippen LogP contribution in [0.1, 0.15) is 69.9 Å². The molecule has 0 fully saturated rings. The molecule has 160 valence electrons. The largest absolute Gasteiger partial charge is 0.0988 e. The number of allylic oxidation sites excluding steroid dienone is 4. The van der Waals surface area contributed by atoms with E-state index >= 15 is 0 Å². The Labute approximate surface area is 182 Å². The van der Waals surface area contributed by atoms with E-state index in [0.717, 1.165) is 6.42 Å². The van der Waals surface area contributed by atoms with E-state index in [4.69, 9.17) is 0 Å². The van der Waals surface area contributed by atoms with Crippen LogP contribution in [0.25, 0.3) is 11.1 Å². The standard InChI is InChI=1S/C24H28.2C2H6.CH4/c1-8-18(5)21(9-2)15-22-12-17(4)14-24(20(22)7)23-13-16(3)10-11-19(23)6;2*1-2;/h8-14H,1-2,15H2,3-7H3;2*1-2H3;1H4/b21-18+;;;. The molecule has 0 amide bonds. The number of hydrogen-bond acceptors (Lipinski definition) is 0. The zero-order valence-corrected chi connectivity index (χ0v) is 19.7. The molecule has 0 aliphatic carbocycles. The highest BCUT2D eigenvalue weighted by atomic mass is 14.2. The number of rotatable bonds is 5. The molecule has 0 aromatic heterocycles. The molecule has 2 aromatic carbocycles. The molecule has 2 rings (SSSR count). The summed E-state index contributed by atoms with van der Waals surface area (Å²) in [5.41, 5.74) is 11.7. The van der Waals surface area contributed by atoms with Gasteiger partial charge in [0.1, 0.15) is 0 Å². The van der Waals surface area contributed by atoms with E-state index in [2.05, 4.69) is 78.1 Å². The molecule has 29 heavy (non-hydrogen) atoms. The zero-order valence-electron chi connectivity index (χ0n) is 19.7. The van der Waals surface area contributed by atoms with Crippen molar-refractivity contribution in [2.45, 2.75) is 76.2 Å². The highest BCUT2D eigenvalue weighted by Crippen LogP contribution is 2.32. The summed E-state index contributed by atoms with van der Waals surface area (Å²) in [5, 5.41) is 0. The van der Waals surface area contributed by atoms with Crippen molar-refractivity contribution in [1.29, 1.82) is 0 Å². The Kier molecular flexibility index (Phi) is 14.6. The third-order valence-electron chi connectivity index (χ3n) is 4.78. The average molecular weight is 393 g/mol. The lowest BCUT2D eigenvalue weighted by molar-refractivity contribution is 1.13. The van der Waals surface area contributed by atoms with Gasteiger partial charge < -0.3 is 0 Å². The molecule has 0 unspecified atom stereocenters. The topological polar surface area (TPSA) is 0 Å². The van der Waals surface area contributed by atoms with Gasteiger partial charge in [-0.25, -0.2) is 0 Å². The van der Waals surface area contributed by atoms with Crippen LogP contribution in [-0.4, -0.2) is 0 Å². The van der Waals surface area contributed by atoms with E-state index < -0.39 is 0 Å².